The van der Waals surface area contributed by atoms with Gasteiger partial charge in [0.1, 0.15) is 0 Å². The summed E-state index contributed by atoms with van der Waals surface area (Å²) < 4.78 is 5.68. The molecule has 0 atom stereocenters. The molecule has 0 fully saturated rings. The van der Waals surface area contributed by atoms with Gasteiger partial charge in [-0.2, -0.15) is 0 Å². The highest BCUT2D eigenvalue weighted by Crippen LogP contribution is 2.13. The number of rotatable bonds is 22. The molecule has 25 heavy (non-hydrogen) atoms. The lowest BCUT2D eigenvalue weighted by atomic mass is 10.0. The summed E-state index contributed by atoms with van der Waals surface area (Å²) >= 11 is 0. The molecular formula is C24H49O. The molecule has 0 rings (SSSR count). The molecule has 0 bridgehead atoms. The van der Waals surface area contributed by atoms with Crippen molar-refractivity contribution in [2.24, 2.45) is 0 Å². The Bertz CT molecular complexity index is 192. The normalized spacial score (nSPS) is 11.3. The Morgan fingerprint density at radius 3 is 1.12 bits per heavy atom. The van der Waals surface area contributed by atoms with Crippen LogP contribution in [0.15, 0.2) is 0 Å². The van der Waals surface area contributed by atoms with E-state index in [4.69, 9.17) is 4.74 Å². The third kappa shape index (κ3) is 24.0. The van der Waals surface area contributed by atoms with Crippen LogP contribution in [0.4, 0.5) is 0 Å². The zero-order valence-electron chi connectivity index (χ0n) is 17.7. The molecule has 0 aromatic carbocycles. The molecule has 0 saturated heterocycles. The molecule has 0 aromatic rings. The first-order chi connectivity index (χ1) is 12.4. The Kier molecular flexibility index (Phi) is 23.9. The van der Waals surface area contributed by atoms with Gasteiger partial charge in [0.25, 0.3) is 0 Å². The van der Waals surface area contributed by atoms with Crippen molar-refractivity contribution >= 4 is 0 Å². The molecule has 0 amide bonds. The Morgan fingerprint density at radius 1 is 0.440 bits per heavy atom. The number of hydrogen-bond donors (Lipinski definition) is 0. The van der Waals surface area contributed by atoms with Gasteiger partial charge in [-0.05, 0) is 12.8 Å². The van der Waals surface area contributed by atoms with E-state index in [0.717, 1.165) is 19.6 Å². The van der Waals surface area contributed by atoms with Gasteiger partial charge in [-0.25, -0.2) is 0 Å². The average Bonchev–Trinajstić information content (AvgIpc) is 2.63. The zero-order valence-corrected chi connectivity index (χ0v) is 17.7. The zero-order chi connectivity index (χ0) is 18.3. The van der Waals surface area contributed by atoms with Crippen LogP contribution in [0.25, 0.3) is 0 Å². The maximum Gasteiger partial charge on any atom is 0.0466 e. The second-order valence-corrected chi connectivity index (χ2v) is 7.83. The van der Waals surface area contributed by atoms with Crippen molar-refractivity contribution in [3.05, 3.63) is 6.92 Å². The number of ether oxygens (including phenoxy) is 1. The summed E-state index contributed by atoms with van der Waals surface area (Å²) in [4.78, 5) is 0. The Morgan fingerprint density at radius 2 is 0.760 bits per heavy atom. The molecule has 0 spiro atoms. The van der Waals surface area contributed by atoms with E-state index < -0.39 is 0 Å². The van der Waals surface area contributed by atoms with Crippen LogP contribution < -0.4 is 0 Å². The molecule has 0 aromatic heterocycles. The van der Waals surface area contributed by atoms with E-state index in [-0.39, 0.29) is 0 Å². The first-order valence-electron chi connectivity index (χ1n) is 11.8. The lowest BCUT2D eigenvalue weighted by molar-refractivity contribution is 0.126. The molecule has 0 heterocycles. The summed E-state index contributed by atoms with van der Waals surface area (Å²) in [6, 6.07) is 0. The fraction of sp³-hybridized carbons (Fsp3) is 0.958. The van der Waals surface area contributed by atoms with Crippen LogP contribution in [0, 0.1) is 6.92 Å². The van der Waals surface area contributed by atoms with Crippen LogP contribution in [0.1, 0.15) is 135 Å². The largest absolute Gasteiger partial charge is 0.381 e. The standard InChI is InChI=1S/C24H49O/c1-3-5-7-9-10-11-12-13-14-15-16-17-18-19-20-22-24-25-23-21-8-6-4-2/h2-24H2,1H3. The van der Waals surface area contributed by atoms with E-state index in [1.54, 1.807) is 0 Å². The molecule has 0 aliphatic rings. The highest BCUT2D eigenvalue weighted by Gasteiger charge is 1.95. The second kappa shape index (κ2) is 24.0. The van der Waals surface area contributed by atoms with Crippen molar-refractivity contribution in [1.82, 2.24) is 0 Å². The number of hydrogen-bond acceptors (Lipinski definition) is 1. The van der Waals surface area contributed by atoms with Gasteiger partial charge < -0.3 is 4.74 Å². The fourth-order valence-electron chi connectivity index (χ4n) is 3.41. The smallest absolute Gasteiger partial charge is 0.0466 e. The predicted molar refractivity (Wildman–Crippen MR) is 114 cm³/mol. The summed E-state index contributed by atoms with van der Waals surface area (Å²) in [5.74, 6) is 0. The van der Waals surface area contributed by atoms with E-state index in [9.17, 15) is 0 Å². The molecule has 0 saturated carbocycles. The lowest BCUT2D eigenvalue weighted by Crippen LogP contribution is -1.97. The van der Waals surface area contributed by atoms with Crippen molar-refractivity contribution < 1.29 is 4.74 Å². The first kappa shape index (κ1) is 25.0. The molecule has 0 N–H and O–H groups in total. The highest BCUT2D eigenvalue weighted by molar-refractivity contribution is 4.50. The van der Waals surface area contributed by atoms with E-state index in [2.05, 4.69) is 13.8 Å². The summed E-state index contributed by atoms with van der Waals surface area (Å²) in [7, 11) is 0. The SMILES string of the molecule is [CH2]CCCCCOCCCCCCCCCCCCCCCCCC. The topological polar surface area (TPSA) is 9.23 Å². The van der Waals surface area contributed by atoms with E-state index in [0.29, 0.717) is 0 Å². The van der Waals surface area contributed by atoms with Crippen molar-refractivity contribution in [2.75, 3.05) is 13.2 Å². The molecule has 0 aliphatic heterocycles. The maximum absolute atomic E-state index is 5.68. The van der Waals surface area contributed by atoms with Gasteiger partial charge in [-0.15, -0.1) is 0 Å². The van der Waals surface area contributed by atoms with Gasteiger partial charge in [-0.1, -0.05) is 129 Å². The minimum atomic E-state index is 0.957. The molecule has 1 nitrogen and oxygen atoms in total. The molecule has 0 unspecified atom stereocenters. The van der Waals surface area contributed by atoms with Crippen molar-refractivity contribution in [1.29, 1.82) is 0 Å². The fourth-order valence-corrected chi connectivity index (χ4v) is 3.41. The average molecular weight is 354 g/mol. The highest BCUT2D eigenvalue weighted by atomic mass is 16.5. The van der Waals surface area contributed by atoms with Gasteiger partial charge in [0, 0.05) is 13.2 Å². The van der Waals surface area contributed by atoms with Gasteiger partial charge >= 0.3 is 0 Å². The summed E-state index contributed by atoms with van der Waals surface area (Å²) in [6.45, 7) is 8.09. The third-order valence-electron chi connectivity index (χ3n) is 5.18. The van der Waals surface area contributed by atoms with Crippen molar-refractivity contribution in [3.63, 3.8) is 0 Å². The van der Waals surface area contributed by atoms with Crippen molar-refractivity contribution in [2.45, 2.75) is 135 Å². The van der Waals surface area contributed by atoms with Crippen LogP contribution in [0.5, 0.6) is 0 Å². The number of unbranched alkanes of at least 4 members (excludes halogenated alkanes) is 18. The molecule has 151 valence electrons. The van der Waals surface area contributed by atoms with E-state index in [1.807, 2.05) is 0 Å². The quantitative estimate of drug-likeness (QED) is 0.177. The summed E-state index contributed by atoms with van der Waals surface area (Å²) in [6.07, 6.45) is 27.7. The Hall–Kier alpha value is -0.0400. The minimum Gasteiger partial charge on any atom is -0.381 e. The van der Waals surface area contributed by atoms with E-state index >= 15 is 0 Å². The minimum absolute atomic E-state index is 0.957. The Balaban J connectivity index is 2.94. The monoisotopic (exact) mass is 353 g/mol. The van der Waals surface area contributed by atoms with Crippen LogP contribution in [-0.4, -0.2) is 13.2 Å². The first-order valence-corrected chi connectivity index (χ1v) is 11.8. The van der Waals surface area contributed by atoms with Gasteiger partial charge in [-0.3, -0.25) is 0 Å². The third-order valence-corrected chi connectivity index (χ3v) is 5.18. The maximum atomic E-state index is 5.68. The summed E-state index contributed by atoms with van der Waals surface area (Å²) in [5, 5.41) is 0. The summed E-state index contributed by atoms with van der Waals surface area (Å²) in [5.41, 5.74) is 0. The van der Waals surface area contributed by atoms with Crippen LogP contribution >= 0.6 is 0 Å². The van der Waals surface area contributed by atoms with E-state index in [1.165, 1.54) is 122 Å². The van der Waals surface area contributed by atoms with Gasteiger partial charge in [0.05, 0.1) is 0 Å². The molecule has 1 radical (unpaired) electrons. The Labute approximate surface area is 160 Å². The molecular weight excluding hydrogens is 304 g/mol. The van der Waals surface area contributed by atoms with Crippen LogP contribution in [-0.2, 0) is 4.74 Å². The van der Waals surface area contributed by atoms with Crippen molar-refractivity contribution in [3.8, 4) is 0 Å². The van der Waals surface area contributed by atoms with Crippen LogP contribution in [0.2, 0.25) is 0 Å². The van der Waals surface area contributed by atoms with Gasteiger partial charge in [0.2, 0.25) is 0 Å². The lowest BCUT2D eigenvalue weighted by Gasteiger charge is -2.05. The van der Waals surface area contributed by atoms with Crippen LogP contribution in [0.3, 0.4) is 0 Å². The molecule has 0 aliphatic carbocycles. The predicted octanol–water partition coefficient (Wildman–Crippen LogP) is 8.66. The van der Waals surface area contributed by atoms with Gasteiger partial charge in [0.15, 0.2) is 0 Å². The molecule has 1 heteroatoms. The second-order valence-electron chi connectivity index (χ2n) is 7.83.